The van der Waals surface area contributed by atoms with Crippen molar-refractivity contribution in [2.45, 2.75) is 26.3 Å². The highest BCUT2D eigenvalue weighted by atomic mass is 16.6. The summed E-state index contributed by atoms with van der Waals surface area (Å²) in [7, 11) is 0. The minimum atomic E-state index is -1.05. The molecule has 0 radical (unpaired) electrons. The molecule has 1 aromatic rings. The van der Waals surface area contributed by atoms with Crippen molar-refractivity contribution in [1.82, 2.24) is 10.2 Å². The molecule has 0 aliphatic carbocycles. The summed E-state index contributed by atoms with van der Waals surface area (Å²) in [6, 6.07) is -0.869. The molecular weight excluding hydrogens is 228 g/mol. The summed E-state index contributed by atoms with van der Waals surface area (Å²) >= 11 is 0. The van der Waals surface area contributed by atoms with E-state index in [2.05, 4.69) is 15.5 Å². The molecule has 0 aliphatic heterocycles. The number of aromatic nitrogens is 2. The lowest BCUT2D eigenvalue weighted by molar-refractivity contribution is -0.388. The van der Waals surface area contributed by atoms with Crippen LogP contribution in [-0.4, -0.2) is 32.2 Å². The van der Waals surface area contributed by atoms with Gasteiger partial charge in [-0.05, 0) is 17.3 Å². The van der Waals surface area contributed by atoms with E-state index in [1.165, 1.54) is 6.20 Å². The topological polar surface area (TPSA) is 121 Å². The Hall–Kier alpha value is -2.12. The summed E-state index contributed by atoms with van der Waals surface area (Å²) in [5.74, 6) is -1.22. The number of aromatic amines is 1. The van der Waals surface area contributed by atoms with Crippen LogP contribution < -0.4 is 5.32 Å². The largest absolute Gasteiger partial charge is 0.480 e. The predicted octanol–water partition coefficient (Wildman–Crippen LogP) is 1.23. The predicted molar refractivity (Wildman–Crippen MR) is 59.7 cm³/mol. The van der Waals surface area contributed by atoms with E-state index in [-0.39, 0.29) is 17.4 Å². The second kappa shape index (κ2) is 5.28. The number of rotatable bonds is 6. The Morgan fingerprint density at radius 3 is 2.82 bits per heavy atom. The van der Waals surface area contributed by atoms with Gasteiger partial charge in [-0.1, -0.05) is 18.9 Å². The Morgan fingerprint density at radius 1 is 1.71 bits per heavy atom. The number of nitro groups is 1. The zero-order valence-corrected chi connectivity index (χ0v) is 9.51. The summed E-state index contributed by atoms with van der Waals surface area (Å²) in [6.07, 6.45) is 1.58. The summed E-state index contributed by atoms with van der Waals surface area (Å²) < 4.78 is 0. The number of hydrogen-bond donors (Lipinski definition) is 3. The second-order valence-corrected chi connectivity index (χ2v) is 4.05. The Balaban J connectivity index is 2.82. The van der Waals surface area contributed by atoms with Crippen molar-refractivity contribution < 1.29 is 14.8 Å². The minimum Gasteiger partial charge on any atom is -0.480 e. The molecular formula is C9H14N4O4. The van der Waals surface area contributed by atoms with Crippen molar-refractivity contribution in [2.24, 2.45) is 5.92 Å². The maximum atomic E-state index is 11.0. The van der Waals surface area contributed by atoms with Crippen molar-refractivity contribution in [3.05, 3.63) is 16.3 Å². The summed E-state index contributed by atoms with van der Waals surface area (Å²) in [5, 5.41) is 27.9. The van der Waals surface area contributed by atoms with Crippen molar-refractivity contribution in [1.29, 1.82) is 0 Å². The lowest BCUT2D eigenvalue weighted by Crippen LogP contribution is -2.30. The van der Waals surface area contributed by atoms with Gasteiger partial charge in [0.25, 0.3) is 0 Å². The van der Waals surface area contributed by atoms with E-state index < -0.39 is 16.9 Å². The number of H-pyrrole nitrogens is 1. The average molecular weight is 242 g/mol. The number of nitrogens with one attached hydrogen (secondary N) is 2. The van der Waals surface area contributed by atoms with E-state index in [4.69, 9.17) is 5.11 Å². The van der Waals surface area contributed by atoms with Crippen molar-refractivity contribution in [3.8, 4) is 0 Å². The average Bonchev–Trinajstić information content (AvgIpc) is 2.63. The molecule has 8 nitrogen and oxygen atoms in total. The zero-order chi connectivity index (χ0) is 13.0. The van der Waals surface area contributed by atoms with Gasteiger partial charge in [-0.3, -0.25) is 0 Å². The van der Waals surface area contributed by atoms with Gasteiger partial charge in [0.1, 0.15) is 12.2 Å². The van der Waals surface area contributed by atoms with E-state index in [1.54, 1.807) is 0 Å². The molecule has 0 saturated heterocycles. The van der Waals surface area contributed by atoms with E-state index in [0.717, 1.165) is 0 Å². The van der Waals surface area contributed by atoms with Gasteiger partial charge in [0.15, 0.2) is 5.69 Å². The highest BCUT2D eigenvalue weighted by Crippen LogP contribution is 2.22. The Morgan fingerprint density at radius 2 is 2.35 bits per heavy atom. The third-order valence-electron chi connectivity index (χ3n) is 2.14. The maximum Gasteiger partial charge on any atom is 0.366 e. The zero-order valence-electron chi connectivity index (χ0n) is 9.51. The number of carboxylic acid groups (broad SMARTS) is 1. The summed E-state index contributed by atoms with van der Waals surface area (Å²) in [4.78, 5) is 20.9. The normalized spacial score (nSPS) is 12.4. The molecule has 1 heterocycles. The molecule has 17 heavy (non-hydrogen) atoms. The van der Waals surface area contributed by atoms with Crippen LogP contribution in [0.4, 0.5) is 11.5 Å². The molecule has 0 spiro atoms. The van der Waals surface area contributed by atoms with E-state index >= 15 is 0 Å². The van der Waals surface area contributed by atoms with Crippen LogP contribution in [0.3, 0.4) is 0 Å². The van der Waals surface area contributed by atoms with Crippen molar-refractivity contribution in [2.75, 3.05) is 5.32 Å². The van der Waals surface area contributed by atoms with Gasteiger partial charge < -0.3 is 20.5 Å². The molecule has 1 atom stereocenters. The van der Waals surface area contributed by atoms with Crippen LogP contribution in [0.2, 0.25) is 0 Å². The van der Waals surface area contributed by atoms with Crippen LogP contribution >= 0.6 is 0 Å². The molecule has 0 amide bonds. The van der Waals surface area contributed by atoms with Gasteiger partial charge >= 0.3 is 11.8 Å². The van der Waals surface area contributed by atoms with Gasteiger partial charge in [-0.25, -0.2) is 4.79 Å². The van der Waals surface area contributed by atoms with Gasteiger partial charge in [-0.15, -0.1) is 5.10 Å². The molecule has 0 aromatic carbocycles. The van der Waals surface area contributed by atoms with Crippen LogP contribution in [0.15, 0.2) is 6.20 Å². The van der Waals surface area contributed by atoms with Crippen molar-refractivity contribution >= 4 is 17.5 Å². The highest BCUT2D eigenvalue weighted by molar-refractivity contribution is 5.78. The fourth-order valence-electron chi connectivity index (χ4n) is 1.40. The van der Waals surface area contributed by atoms with Crippen LogP contribution in [-0.2, 0) is 4.79 Å². The lowest BCUT2D eigenvalue weighted by atomic mass is 10.0. The molecule has 94 valence electrons. The third-order valence-corrected chi connectivity index (χ3v) is 2.14. The first-order valence-electron chi connectivity index (χ1n) is 5.09. The monoisotopic (exact) mass is 242 g/mol. The van der Waals surface area contributed by atoms with E-state index in [0.29, 0.717) is 6.42 Å². The first-order chi connectivity index (χ1) is 7.91. The van der Waals surface area contributed by atoms with E-state index in [1.807, 2.05) is 13.8 Å². The van der Waals surface area contributed by atoms with Gasteiger partial charge in [0.2, 0.25) is 0 Å². The molecule has 0 bridgehead atoms. The fraction of sp³-hybridized carbons (Fsp3) is 0.556. The summed E-state index contributed by atoms with van der Waals surface area (Å²) in [6.45, 7) is 3.75. The van der Waals surface area contributed by atoms with E-state index in [9.17, 15) is 14.9 Å². The quantitative estimate of drug-likeness (QED) is 0.509. The lowest BCUT2D eigenvalue weighted by Gasteiger charge is -2.15. The minimum absolute atomic E-state index is 0.0862. The fourth-order valence-corrected chi connectivity index (χ4v) is 1.40. The van der Waals surface area contributed by atoms with Gasteiger partial charge in [0, 0.05) is 0 Å². The maximum absolute atomic E-state index is 11.0. The second-order valence-electron chi connectivity index (χ2n) is 4.05. The van der Waals surface area contributed by atoms with Crippen molar-refractivity contribution in [3.63, 3.8) is 0 Å². The van der Waals surface area contributed by atoms with Crippen LogP contribution in [0.1, 0.15) is 20.3 Å². The molecule has 0 saturated carbocycles. The molecule has 8 heteroatoms. The molecule has 0 fully saturated rings. The first kappa shape index (κ1) is 12.9. The molecule has 1 rings (SSSR count). The molecule has 3 N–H and O–H groups in total. The Labute approximate surface area is 97.2 Å². The van der Waals surface area contributed by atoms with Crippen LogP contribution in [0.5, 0.6) is 0 Å². The molecule has 1 unspecified atom stereocenters. The number of nitrogens with zero attached hydrogens (tertiary/aromatic N) is 2. The van der Waals surface area contributed by atoms with Gasteiger partial charge in [0.05, 0.1) is 0 Å². The number of aliphatic carboxylic acids is 1. The van der Waals surface area contributed by atoms with Crippen LogP contribution in [0.25, 0.3) is 0 Å². The number of carbonyl (C=O) groups is 1. The Kier molecular flexibility index (Phi) is 4.02. The summed E-state index contributed by atoms with van der Waals surface area (Å²) in [5.41, 5.74) is 0.0862. The first-order valence-corrected chi connectivity index (χ1v) is 5.09. The third kappa shape index (κ3) is 3.44. The SMILES string of the molecule is CC(C)CC(Nc1cn[nH]c1[N+](=O)[O-])C(=O)O. The molecule has 1 aromatic heterocycles. The standard InChI is InChI=1S/C9H14N4O4/c1-5(2)3-6(9(14)15)11-7-4-10-12-8(7)13(16)17/h4-6,11H,3H2,1-2H3,(H,10,12)(H,14,15). The Bertz CT molecular complexity index is 415. The smallest absolute Gasteiger partial charge is 0.366 e. The highest BCUT2D eigenvalue weighted by Gasteiger charge is 2.23. The number of carboxylic acids is 1. The van der Waals surface area contributed by atoms with Crippen LogP contribution in [0, 0.1) is 16.0 Å². The molecule has 0 aliphatic rings. The number of anilines is 1. The van der Waals surface area contributed by atoms with Gasteiger partial charge in [-0.2, -0.15) is 0 Å². The number of hydrogen-bond acceptors (Lipinski definition) is 5.